The molecule has 26 heavy (non-hydrogen) atoms. The Morgan fingerprint density at radius 2 is 2.08 bits per heavy atom. The molecule has 0 aromatic heterocycles. The average Bonchev–Trinajstić information content (AvgIpc) is 3.08. The molecule has 0 radical (unpaired) electrons. The van der Waals surface area contributed by atoms with Crippen LogP contribution in [0, 0.1) is 13.7 Å². The van der Waals surface area contributed by atoms with Crippen molar-refractivity contribution >= 4 is 40.4 Å². The highest BCUT2D eigenvalue weighted by Crippen LogP contribution is 2.37. The minimum Gasteiger partial charge on any atom is -0.496 e. The zero-order chi connectivity index (χ0) is 18.7. The maximum Gasteiger partial charge on any atom is 0.282 e. The van der Waals surface area contributed by atoms with Crippen molar-refractivity contribution in [1.82, 2.24) is 5.43 Å². The van der Waals surface area contributed by atoms with Crippen molar-refractivity contribution < 1.29 is 23.9 Å². The van der Waals surface area contributed by atoms with Crippen molar-refractivity contribution in [3.63, 3.8) is 0 Å². The summed E-state index contributed by atoms with van der Waals surface area (Å²) in [6.07, 6.45) is 1.18. The quantitative estimate of drug-likeness (QED) is 0.312. The summed E-state index contributed by atoms with van der Waals surface area (Å²) < 4.78 is 16.4. The number of nitrogens with zero attached hydrogens (tertiary/aromatic N) is 2. The standard InChI is InChI=1S/C16H12IN3O6/c1-24-13-4-9(2-3-11(13)17)16(21)19-18-7-10-5-14-15(26-8-25-14)6-12(10)20(22)23/h2-7H,8H2,1H3,(H,19,21)/b18-7+. The average molecular weight is 469 g/mol. The van der Waals surface area contributed by atoms with Gasteiger partial charge in [-0.1, -0.05) is 0 Å². The van der Waals surface area contributed by atoms with Gasteiger partial charge in [-0.25, -0.2) is 5.43 Å². The smallest absolute Gasteiger partial charge is 0.282 e. The van der Waals surface area contributed by atoms with Gasteiger partial charge in [0.05, 0.1) is 33.4 Å². The van der Waals surface area contributed by atoms with Crippen LogP contribution in [0.1, 0.15) is 15.9 Å². The zero-order valence-electron chi connectivity index (χ0n) is 13.4. The predicted molar refractivity (Wildman–Crippen MR) is 100.0 cm³/mol. The summed E-state index contributed by atoms with van der Waals surface area (Å²) in [6, 6.07) is 7.63. The third-order valence-electron chi connectivity index (χ3n) is 3.50. The fourth-order valence-electron chi connectivity index (χ4n) is 2.23. The Kier molecular flexibility index (Phi) is 5.21. The van der Waals surface area contributed by atoms with Gasteiger partial charge in [0.2, 0.25) is 6.79 Å². The van der Waals surface area contributed by atoms with Gasteiger partial charge in [-0.2, -0.15) is 5.10 Å². The molecule has 10 heteroatoms. The van der Waals surface area contributed by atoms with Crippen molar-refractivity contribution in [3.05, 3.63) is 55.1 Å². The van der Waals surface area contributed by atoms with Gasteiger partial charge in [-0.15, -0.1) is 0 Å². The van der Waals surface area contributed by atoms with Crippen molar-refractivity contribution in [1.29, 1.82) is 0 Å². The van der Waals surface area contributed by atoms with E-state index in [-0.39, 0.29) is 18.0 Å². The van der Waals surface area contributed by atoms with E-state index in [1.807, 2.05) is 0 Å². The van der Waals surface area contributed by atoms with Crippen LogP contribution in [0.15, 0.2) is 35.4 Å². The maximum absolute atomic E-state index is 12.2. The number of nitro benzene ring substituents is 1. The summed E-state index contributed by atoms with van der Waals surface area (Å²) in [4.78, 5) is 22.8. The molecule has 9 nitrogen and oxygen atoms in total. The van der Waals surface area contributed by atoms with Gasteiger partial charge in [-0.3, -0.25) is 14.9 Å². The molecule has 0 atom stereocenters. The zero-order valence-corrected chi connectivity index (χ0v) is 15.6. The molecular weight excluding hydrogens is 457 g/mol. The van der Waals surface area contributed by atoms with E-state index in [0.717, 1.165) is 3.57 Å². The first-order valence-corrected chi connectivity index (χ1v) is 8.32. The molecule has 1 amide bonds. The monoisotopic (exact) mass is 469 g/mol. The van der Waals surface area contributed by atoms with Crippen LogP contribution in [0.4, 0.5) is 5.69 Å². The molecule has 2 aromatic rings. The van der Waals surface area contributed by atoms with Gasteiger partial charge in [0.25, 0.3) is 11.6 Å². The third kappa shape index (κ3) is 3.69. The predicted octanol–water partition coefficient (Wildman–Crippen LogP) is 2.70. The number of nitro groups is 1. The lowest BCUT2D eigenvalue weighted by molar-refractivity contribution is -0.385. The van der Waals surface area contributed by atoms with Gasteiger partial charge in [0.15, 0.2) is 11.5 Å². The summed E-state index contributed by atoms with van der Waals surface area (Å²) >= 11 is 2.09. The Balaban J connectivity index is 1.78. The molecule has 0 saturated heterocycles. The van der Waals surface area contributed by atoms with Gasteiger partial charge in [-0.05, 0) is 46.9 Å². The molecule has 2 aromatic carbocycles. The van der Waals surface area contributed by atoms with E-state index in [1.54, 1.807) is 18.2 Å². The highest BCUT2D eigenvalue weighted by Gasteiger charge is 2.22. The summed E-state index contributed by atoms with van der Waals surface area (Å²) in [6.45, 7) is -0.00153. The lowest BCUT2D eigenvalue weighted by Crippen LogP contribution is -2.17. The second kappa shape index (κ2) is 7.56. The van der Waals surface area contributed by atoms with E-state index in [4.69, 9.17) is 14.2 Å². The van der Waals surface area contributed by atoms with Crippen LogP contribution < -0.4 is 19.6 Å². The van der Waals surface area contributed by atoms with E-state index in [1.165, 1.54) is 25.5 Å². The molecule has 0 saturated carbocycles. The van der Waals surface area contributed by atoms with Crippen molar-refractivity contribution in [2.45, 2.75) is 0 Å². The fraction of sp³-hybridized carbons (Fsp3) is 0.125. The first kappa shape index (κ1) is 17.9. The molecule has 0 fully saturated rings. The molecule has 1 aliphatic heterocycles. The molecule has 3 rings (SSSR count). The highest BCUT2D eigenvalue weighted by atomic mass is 127. The molecular formula is C16H12IN3O6. The molecule has 0 unspecified atom stereocenters. The molecule has 1 N–H and O–H groups in total. The highest BCUT2D eigenvalue weighted by molar-refractivity contribution is 14.1. The number of hydrogen-bond acceptors (Lipinski definition) is 7. The van der Waals surface area contributed by atoms with Crippen molar-refractivity contribution in [3.8, 4) is 17.2 Å². The topological polar surface area (TPSA) is 112 Å². The SMILES string of the molecule is COc1cc(C(=O)N/N=C/c2cc3c(cc2[N+](=O)[O-])OCO3)ccc1I. The normalized spacial score (nSPS) is 12.2. The Bertz CT molecular complexity index is 915. The fourth-order valence-corrected chi connectivity index (χ4v) is 2.79. The van der Waals surface area contributed by atoms with Crippen LogP contribution in [0.5, 0.6) is 17.2 Å². The van der Waals surface area contributed by atoms with Gasteiger partial charge in [0, 0.05) is 5.56 Å². The van der Waals surface area contributed by atoms with E-state index in [0.29, 0.717) is 22.8 Å². The van der Waals surface area contributed by atoms with E-state index in [9.17, 15) is 14.9 Å². The molecule has 0 spiro atoms. The number of halogens is 1. The molecule has 1 heterocycles. The van der Waals surface area contributed by atoms with Crippen molar-refractivity contribution in [2.24, 2.45) is 5.10 Å². The molecule has 0 bridgehead atoms. The number of rotatable bonds is 5. The second-order valence-corrected chi connectivity index (χ2v) is 6.23. The number of carbonyl (C=O) groups is 1. The van der Waals surface area contributed by atoms with Crippen LogP contribution in [0.2, 0.25) is 0 Å². The summed E-state index contributed by atoms with van der Waals surface area (Å²) in [7, 11) is 1.51. The van der Waals surface area contributed by atoms with Crippen LogP contribution in [0.3, 0.4) is 0 Å². The molecule has 0 aliphatic carbocycles. The van der Waals surface area contributed by atoms with Crippen LogP contribution in [-0.4, -0.2) is 30.9 Å². The number of hydrazone groups is 1. The van der Waals surface area contributed by atoms with Gasteiger partial charge < -0.3 is 14.2 Å². The number of benzene rings is 2. The first-order valence-electron chi connectivity index (χ1n) is 7.24. The van der Waals surface area contributed by atoms with E-state index in [2.05, 4.69) is 33.1 Å². The van der Waals surface area contributed by atoms with Crippen LogP contribution in [-0.2, 0) is 0 Å². The number of ether oxygens (including phenoxy) is 3. The minimum atomic E-state index is -0.560. The number of nitrogens with one attached hydrogen (secondary N) is 1. The molecule has 134 valence electrons. The Hall–Kier alpha value is -2.89. The maximum atomic E-state index is 12.2. The Morgan fingerprint density at radius 3 is 2.77 bits per heavy atom. The van der Waals surface area contributed by atoms with Gasteiger partial charge in [0.1, 0.15) is 5.75 Å². The Morgan fingerprint density at radius 1 is 1.35 bits per heavy atom. The van der Waals surface area contributed by atoms with E-state index >= 15 is 0 Å². The van der Waals surface area contributed by atoms with E-state index < -0.39 is 10.8 Å². The largest absolute Gasteiger partial charge is 0.496 e. The third-order valence-corrected chi connectivity index (χ3v) is 4.39. The van der Waals surface area contributed by atoms with Crippen LogP contribution in [0.25, 0.3) is 0 Å². The van der Waals surface area contributed by atoms with Crippen molar-refractivity contribution in [2.75, 3.05) is 13.9 Å². The first-order chi connectivity index (χ1) is 12.5. The number of fused-ring (bicyclic) bond motifs is 1. The summed E-state index contributed by atoms with van der Waals surface area (Å²) in [5.41, 5.74) is 2.65. The number of amides is 1. The lowest BCUT2D eigenvalue weighted by atomic mass is 10.1. The Labute approximate surface area is 161 Å². The van der Waals surface area contributed by atoms with Gasteiger partial charge >= 0.3 is 0 Å². The summed E-state index contributed by atoms with van der Waals surface area (Å²) in [5.74, 6) is 0.766. The minimum absolute atomic E-state index is 0.00153. The number of carbonyl (C=O) groups excluding carboxylic acids is 1. The number of methoxy groups -OCH3 is 1. The van der Waals surface area contributed by atoms with Crippen LogP contribution >= 0.6 is 22.6 Å². The summed E-state index contributed by atoms with van der Waals surface area (Å²) in [5, 5.41) is 15.0. The molecule has 1 aliphatic rings. The number of hydrogen-bond donors (Lipinski definition) is 1. The lowest BCUT2D eigenvalue weighted by Gasteiger charge is -2.05. The second-order valence-electron chi connectivity index (χ2n) is 5.07.